The van der Waals surface area contributed by atoms with Gasteiger partial charge in [0.15, 0.2) is 5.60 Å². The Bertz CT molecular complexity index is 2040. The van der Waals surface area contributed by atoms with Crippen LogP contribution in [0.1, 0.15) is 41.7 Å². The maximum absolute atomic E-state index is 7.60. The molecule has 0 atom stereocenters. The highest BCUT2D eigenvalue weighted by atomic mass is 16.5. The predicted octanol–water partition coefficient (Wildman–Crippen LogP) is 8.38. The molecule has 0 amide bonds. The van der Waals surface area contributed by atoms with Crippen molar-refractivity contribution in [2.45, 2.75) is 24.9 Å². The standard InChI is InChI=1S/C44H45NO6/c1-43(2)37-29-30(45-21-23-48-24-22-45)17-18-33(37)40-31-11-5-6-12-32(31)42-34(41(40)43)19-20-44(51-42,35-13-7-9-15-38(35)49-27-25-46-3)36-14-8-10-16-39(36)50-28-26-47-4/h5-20,29H,21-28H2,1-4H3. The molecule has 5 aromatic rings. The van der Waals surface area contributed by atoms with E-state index in [0.717, 1.165) is 65.6 Å². The van der Waals surface area contributed by atoms with E-state index in [4.69, 9.17) is 28.4 Å². The van der Waals surface area contributed by atoms with E-state index in [2.05, 4.69) is 85.5 Å². The molecule has 5 aromatic carbocycles. The number of hydrogen-bond donors (Lipinski definition) is 0. The molecular weight excluding hydrogens is 638 g/mol. The van der Waals surface area contributed by atoms with Gasteiger partial charge in [-0.15, -0.1) is 0 Å². The van der Waals surface area contributed by atoms with E-state index in [9.17, 15) is 0 Å². The Balaban J connectivity index is 1.34. The van der Waals surface area contributed by atoms with Crippen molar-refractivity contribution in [3.05, 3.63) is 125 Å². The summed E-state index contributed by atoms with van der Waals surface area (Å²) < 4.78 is 36.7. The minimum atomic E-state index is -1.07. The Morgan fingerprint density at radius 3 is 1.94 bits per heavy atom. The Kier molecular flexibility index (Phi) is 8.96. The summed E-state index contributed by atoms with van der Waals surface area (Å²) >= 11 is 0. The topological polar surface area (TPSA) is 58.6 Å². The first kappa shape index (κ1) is 33.3. The Morgan fingerprint density at radius 1 is 0.686 bits per heavy atom. The van der Waals surface area contributed by atoms with Crippen LogP contribution in [0.4, 0.5) is 5.69 Å². The van der Waals surface area contributed by atoms with Gasteiger partial charge in [-0.05, 0) is 58.0 Å². The summed E-state index contributed by atoms with van der Waals surface area (Å²) in [6.45, 7) is 9.76. The molecule has 1 aliphatic carbocycles. The Morgan fingerprint density at radius 2 is 1.29 bits per heavy atom. The first-order chi connectivity index (χ1) is 25.0. The third kappa shape index (κ3) is 5.64. The monoisotopic (exact) mass is 683 g/mol. The SMILES string of the molecule is COCCOc1ccccc1C1(c2ccccc2OCCOC)C=Cc2c3c(c4ccccc4c2O1)-c1ccc(N2CCOCC2)cc1C3(C)C. The summed E-state index contributed by atoms with van der Waals surface area (Å²) in [4.78, 5) is 2.44. The lowest BCUT2D eigenvalue weighted by Crippen LogP contribution is -2.36. The summed E-state index contributed by atoms with van der Waals surface area (Å²) in [6.07, 6.45) is 4.47. The molecule has 0 aromatic heterocycles. The number of para-hydroxylation sites is 2. The van der Waals surface area contributed by atoms with Crippen molar-refractivity contribution in [1.82, 2.24) is 0 Å². The molecule has 8 rings (SSSR count). The number of ether oxygens (including phenoxy) is 6. The molecule has 262 valence electrons. The van der Waals surface area contributed by atoms with E-state index >= 15 is 0 Å². The largest absolute Gasteiger partial charge is 0.491 e. The van der Waals surface area contributed by atoms with Crippen LogP contribution >= 0.6 is 0 Å². The molecule has 2 heterocycles. The van der Waals surface area contributed by atoms with E-state index in [1.807, 2.05) is 36.4 Å². The molecule has 0 N–H and O–H groups in total. The summed E-state index contributed by atoms with van der Waals surface area (Å²) in [6, 6.07) is 31.9. The van der Waals surface area contributed by atoms with Gasteiger partial charge in [0.2, 0.25) is 0 Å². The van der Waals surface area contributed by atoms with E-state index < -0.39 is 5.60 Å². The van der Waals surface area contributed by atoms with Crippen LogP contribution in [0.25, 0.3) is 28.0 Å². The molecule has 1 fully saturated rings. The first-order valence-electron chi connectivity index (χ1n) is 17.9. The summed E-state index contributed by atoms with van der Waals surface area (Å²) in [5, 5.41) is 2.24. The molecule has 1 saturated heterocycles. The quantitative estimate of drug-likeness (QED) is 0.130. The minimum Gasteiger partial charge on any atom is -0.491 e. The fraction of sp³-hybridized carbons (Fsp3) is 0.318. The van der Waals surface area contributed by atoms with Crippen LogP contribution in [0.5, 0.6) is 17.2 Å². The van der Waals surface area contributed by atoms with Gasteiger partial charge in [-0.2, -0.15) is 0 Å². The van der Waals surface area contributed by atoms with Gasteiger partial charge in [0.05, 0.1) is 26.4 Å². The van der Waals surface area contributed by atoms with Crippen LogP contribution in [0.3, 0.4) is 0 Å². The third-order valence-electron chi connectivity index (χ3n) is 10.6. The lowest BCUT2D eigenvalue weighted by atomic mass is 9.76. The number of anilines is 1. The van der Waals surface area contributed by atoms with Gasteiger partial charge in [-0.1, -0.05) is 86.7 Å². The number of benzene rings is 5. The van der Waals surface area contributed by atoms with Crippen molar-refractivity contribution in [2.24, 2.45) is 0 Å². The summed E-state index contributed by atoms with van der Waals surface area (Å²) in [5.74, 6) is 2.30. The van der Waals surface area contributed by atoms with Crippen LogP contribution in [-0.2, 0) is 25.2 Å². The minimum absolute atomic E-state index is 0.281. The van der Waals surface area contributed by atoms with Crippen molar-refractivity contribution < 1.29 is 28.4 Å². The molecule has 0 unspecified atom stereocenters. The summed E-state index contributed by atoms with van der Waals surface area (Å²) in [5.41, 5.74) is 7.94. The predicted molar refractivity (Wildman–Crippen MR) is 203 cm³/mol. The van der Waals surface area contributed by atoms with E-state index in [-0.39, 0.29) is 5.41 Å². The number of fused-ring (bicyclic) bond motifs is 8. The number of hydrogen-bond acceptors (Lipinski definition) is 7. The van der Waals surface area contributed by atoms with Crippen molar-refractivity contribution >= 4 is 22.5 Å². The van der Waals surface area contributed by atoms with Gasteiger partial charge in [0, 0.05) is 60.5 Å². The van der Waals surface area contributed by atoms with Crippen molar-refractivity contribution in [3.8, 4) is 28.4 Å². The number of rotatable bonds is 11. The lowest BCUT2D eigenvalue weighted by Gasteiger charge is -2.39. The maximum atomic E-state index is 7.60. The van der Waals surface area contributed by atoms with Crippen molar-refractivity contribution in [1.29, 1.82) is 0 Å². The van der Waals surface area contributed by atoms with Crippen molar-refractivity contribution in [3.63, 3.8) is 0 Å². The molecule has 0 spiro atoms. The van der Waals surface area contributed by atoms with Gasteiger partial charge in [-0.3, -0.25) is 0 Å². The Hall–Kier alpha value is -4.82. The van der Waals surface area contributed by atoms with Crippen LogP contribution in [0, 0.1) is 0 Å². The number of nitrogens with zero attached hydrogens (tertiary/aromatic N) is 1. The molecule has 0 saturated carbocycles. The number of methoxy groups -OCH3 is 2. The maximum Gasteiger partial charge on any atom is 0.185 e. The van der Waals surface area contributed by atoms with E-state index in [0.29, 0.717) is 26.4 Å². The van der Waals surface area contributed by atoms with Gasteiger partial charge < -0.3 is 33.3 Å². The fourth-order valence-electron chi connectivity index (χ4n) is 8.14. The fourth-order valence-corrected chi connectivity index (χ4v) is 8.14. The highest BCUT2D eigenvalue weighted by Gasteiger charge is 2.46. The number of morpholine rings is 1. The van der Waals surface area contributed by atoms with Crippen LogP contribution < -0.4 is 19.1 Å². The summed E-state index contributed by atoms with van der Waals surface area (Å²) in [7, 11) is 3.36. The molecule has 0 bridgehead atoms. The zero-order valence-electron chi connectivity index (χ0n) is 29.9. The highest BCUT2D eigenvalue weighted by molar-refractivity contribution is 6.08. The second-order valence-electron chi connectivity index (χ2n) is 13.8. The van der Waals surface area contributed by atoms with E-state index in [1.54, 1.807) is 14.2 Å². The van der Waals surface area contributed by atoms with Crippen LogP contribution in [0.2, 0.25) is 0 Å². The zero-order valence-corrected chi connectivity index (χ0v) is 29.9. The van der Waals surface area contributed by atoms with E-state index in [1.165, 1.54) is 33.3 Å². The molecule has 51 heavy (non-hydrogen) atoms. The molecular formula is C44H45NO6. The molecule has 7 heteroatoms. The third-order valence-corrected chi connectivity index (χ3v) is 10.6. The van der Waals surface area contributed by atoms with Gasteiger partial charge >= 0.3 is 0 Å². The second kappa shape index (κ2) is 13.7. The van der Waals surface area contributed by atoms with Crippen molar-refractivity contribution in [2.75, 3.05) is 71.9 Å². The molecule has 0 radical (unpaired) electrons. The molecule has 7 nitrogen and oxygen atoms in total. The first-order valence-corrected chi connectivity index (χ1v) is 17.9. The molecule has 3 aliphatic rings. The molecule has 2 aliphatic heterocycles. The second-order valence-corrected chi connectivity index (χ2v) is 13.8. The average molecular weight is 684 g/mol. The normalized spacial score (nSPS) is 16.7. The van der Waals surface area contributed by atoms with Gasteiger partial charge in [-0.25, -0.2) is 0 Å². The average Bonchev–Trinajstić information content (AvgIpc) is 3.41. The smallest absolute Gasteiger partial charge is 0.185 e. The highest BCUT2D eigenvalue weighted by Crippen LogP contribution is 2.59. The Labute approximate surface area is 300 Å². The van der Waals surface area contributed by atoms with Gasteiger partial charge in [0.1, 0.15) is 30.5 Å². The van der Waals surface area contributed by atoms with Gasteiger partial charge in [0.25, 0.3) is 0 Å². The van der Waals surface area contributed by atoms with Crippen LogP contribution in [0.15, 0.2) is 97.1 Å². The zero-order chi connectivity index (χ0) is 35.0. The lowest BCUT2D eigenvalue weighted by molar-refractivity contribution is 0.122. The van der Waals surface area contributed by atoms with Crippen LogP contribution in [-0.4, -0.2) is 67.0 Å².